The van der Waals surface area contributed by atoms with E-state index < -0.39 is 29.1 Å². The van der Waals surface area contributed by atoms with E-state index in [9.17, 15) is 20.4 Å². The molecule has 12 atom stereocenters. The van der Waals surface area contributed by atoms with E-state index in [2.05, 4.69) is 41.5 Å². The molecule has 0 radical (unpaired) electrons. The van der Waals surface area contributed by atoms with Crippen molar-refractivity contribution in [2.24, 2.45) is 50.2 Å². The Balaban J connectivity index is 1.46. The topological polar surface area (TPSA) is 90.2 Å². The average molecular weight is 491 g/mol. The van der Waals surface area contributed by atoms with Crippen LogP contribution in [0.4, 0.5) is 0 Å². The number of fused-ring (bicyclic) bond motifs is 4. The van der Waals surface area contributed by atoms with Crippen LogP contribution in [0, 0.1) is 50.2 Å². The second kappa shape index (κ2) is 7.05. The molecule has 4 N–H and O–H groups in total. The second-order valence-corrected chi connectivity index (χ2v) is 15.8. The summed E-state index contributed by atoms with van der Waals surface area (Å²) < 4.78 is 7.01. The Morgan fingerprint density at radius 3 is 2.06 bits per heavy atom. The smallest absolute Gasteiger partial charge is 0.0778 e. The summed E-state index contributed by atoms with van der Waals surface area (Å²) in [6.45, 7) is 14.6. The van der Waals surface area contributed by atoms with Gasteiger partial charge in [0.2, 0.25) is 0 Å². The third-order valence-corrected chi connectivity index (χ3v) is 14.3. The molecule has 0 aromatic carbocycles. The molecule has 0 aromatic heterocycles. The molecule has 0 aromatic rings. The molecule has 1 saturated heterocycles. The highest BCUT2D eigenvalue weighted by Crippen LogP contribution is 2.80. The van der Waals surface area contributed by atoms with E-state index in [1.165, 1.54) is 0 Å². The summed E-state index contributed by atoms with van der Waals surface area (Å²) >= 11 is 0. The van der Waals surface area contributed by atoms with Gasteiger partial charge in [0.05, 0.1) is 42.5 Å². The van der Waals surface area contributed by atoms with E-state index in [1.807, 2.05) is 0 Å². The molecule has 6 aliphatic rings. The van der Waals surface area contributed by atoms with Gasteiger partial charge in [0.1, 0.15) is 0 Å². The number of aliphatic hydroxyl groups is 4. The molecule has 35 heavy (non-hydrogen) atoms. The Bertz CT molecular complexity index is 905. The predicted octanol–water partition coefficient (Wildman–Crippen LogP) is 4.30. The summed E-state index contributed by atoms with van der Waals surface area (Å²) in [5.74, 6) is 0.946. The molecule has 1 heterocycles. The first-order valence-electron chi connectivity index (χ1n) is 14.5. The monoisotopic (exact) mass is 490 g/mol. The first kappa shape index (κ1) is 25.1. The normalized spacial score (nSPS) is 62.9. The molecule has 5 nitrogen and oxygen atoms in total. The Labute approximate surface area is 212 Å². The highest BCUT2D eigenvalue weighted by molar-refractivity contribution is 5.29. The molecule has 12 unspecified atom stereocenters. The van der Waals surface area contributed by atoms with Gasteiger partial charge < -0.3 is 25.2 Å². The van der Waals surface area contributed by atoms with Gasteiger partial charge in [-0.25, -0.2) is 0 Å². The van der Waals surface area contributed by atoms with E-state index in [4.69, 9.17) is 4.74 Å². The van der Waals surface area contributed by atoms with E-state index in [-0.39, 0.29) is 39.8 Å². The molecule has 0 amide bonds. The van der Waals surface area contributed by atoms with Gasteiger partial charge in [-0.1, -0.05) is 41.5 Å². The number of rotatable bonds is 1. The van der Waals surface area contributed by atoms with E-state index in [1.54, 1.807) is 0 Å². The summed E-state index contributed by atoms with van der Waals surface area (Å²) in [6.07, 6.45) is 6.83. The van der Waals surface area contributed by atoms with Crippen LogP contribution in [0.25, 0.3) is 0 Å². The number of ether oxygens (including phenoxy) is 1. The minimum absolute atomic E-state index is 0.000813. The van der Waals surface area contributed by atoms with Crippen molar-refractivity contribution in [2.45, 2.75) is 123 Å². The minimum atomic E-state index is -0.545. The third-order valence-electron chi connectivity index (χ3n) is 14.3. The van der Waals surface area contributed by atoms with E-state index in [0.29, 0.717) is 24.9 Å². The molecule has 5 aliphatic carbocycles. The van der Waals surface area contributed by atoms with Crippen molar-refractivity contribution in [1.29, 1.82) is 0 Å². The summed E-state index contributed by atoms with van der Waals surface area (Å²) in [4.78, 5) is 0. The minimum Gasteiger partial charge on any atom is -0.396 e. The van der Waals surface area contributed by atoms with Crippen molar-refractivity contribution in [3.05, 3.63) is 0 Å². The maximum absolute atomic E-state index is 11.9. The lowest BCUT2D eigenvalue weighted by Gasteiger charge is -2.75. The lowest BCUT2D eigenvalue weighted by molar-refractivity contribution is -0.306. The van der Waals surface area contributed by atoms with Crippen molar-refractivity contribution in [1.82, 2.24) is 0 Å². The van der Waals surface area contributed by atoms with Gasteiger partial charge in [0, 0.05) is 16.7 Å². The zero-order valence-corrected chi connectivity index (χ0v) is 22.9. The average Bonchev–Trinajstić information content (AvgIpc) is 3.05. The van der Waals surface area contributed by atoms with E-state index >= 15 is 0 Å². The Morgan fingerprint density at radius 2 is 1.37 bits per heavy atom. The van der Waals surface area contributed by atoms with Crippen LogP contribution in [-0.2, 0) is 4.74 Å². The molecule has 6 fully saturated rings. The van der Waals surface area contributed by atoms with Crippen LogP contribution in [0.2, 0.25) is 0 Å². The molecule has 2 bridgehead atoms. The summed E-state index contributed by atoms with van der Waals surface area (Å²) in [6, 6.07) is 0. The van der Waals surface area contributed by atoms with Gasteiger partial charge in [-0.15, -0.1) is 0 Å². The summed E-state index contributed by atoms with van der Waals surface area (Å²) in [5, 5.41) is 44.8. The molecule has 6 rings (SSSR count). The fourth-order valence-electron chi connectivity index (χ4n) is 12.2. The molecule has 1 aliphatic heterocycles. The summed E-state index contributed by atoms with van der Waals surface area (Å²) in [5.41, 5.74) is -1.36. The van der Waals surface area contributed by atoms with Crippen molar-refractivity contribution in [2.75, 3.05) is 13.2 Å². The van der Waals surface area contributed by atoms with Crippen LogP contribution in [0.1, 0.15) is 99.3 Å². The molecular weight excluding hydrogens is 440 g/mol. The van der Waals surface area contributed by atoms with Crippen molar-refractivity contribution < 1.29 is 25.2 Å². The van der Waals surface area contributed by atoms with Crippen LogP contribution in [-0.4, -0.2) is 57.6 Å². The van der Waals surface area contributed by atoms with Crippen molar-refractivity contribution >= 4 is 0 Å². The number of hydrogen-bond donors (Lipinski definition) is 4. The van der Waals surface area contributed by atoms with Gasteiger partial charge in [0.25, 0.3) is 0 Å². The number of aliphatic hydroxyl groups excluding tert-OH is 4. The third kappa shape index (κ3) is 2.59. The van der Waals surface area contributed by atoms with Crippen LogP contribution in [0.5, 0.6) is 0 Å². The maximum atomic E-state index is 11.9. The van der Waals surface area contributed by atoms with Crippen LogP contribution >= 0.6 is 0 Å². The van der Waals surface area contributed by atoms with Gasteiger partial charge in [-0.05, 0) is 85.9 Å². The SMILES string of the molecule is CC1(C)CC(O)C23COC4(CCC5C6(C)CCC(O)C(C)(CO)C6CCC5(C)C4(C)CC2O)C3C1. The fraction of sp³-hybridized carbons (Fsp3) is 1.00. The number of hydrogen-bond acceptors (Lipinski definition) is 5. The Kier molecular flexibility index (Phi) is 5.06. The first-order valence-corrected chi connectivity index (χ1v) is 14.5. The fourth-order valence-corrected chi connectivity index (χ4v) is 12.2. The second-order valence-electron chi connectivity index (χ2n) is 15.8. The molecule has 5 heteroatoms. The van der Waals surface area contributed by atoms with Gasteiger partial charge in [-0.3, -0.25) is 0 Å². The quantitative estimate of drug-likeness (QED) is 0.440. The lowest BCUT2D eigenvalue weighted by atomic mass is 9.30. The Morgan fingerprint density at radius 1 is 0.714 bits per heavy atom. The molecule has 5 saturated carbocycles. The van der Waals surface area contributed by atoms with E-state index in [0.717, 1.165) is 51.4 Å². The van der Waals surface area contributed by atoms with Gasteiger partial charge >= 0.3 is 0 Å². The molecule has 200 valence electrons. The zero-order valence-electron chi connectivity index (χ0n) is 22.9. The van der Waals surface area contributed by atoms with Crippen LogP contribution in [0.15, 0.2) is 0 Å². The summed E-state index contributed by atoms with van der Waals surface area (Å²) in [7, 11) is 0. The van der Waals surface area contributed by atoms with Gasteiger partial charge in [-0.2, -0.15) is 0 Å². The van der Waals surface area contributed by atoms with Crippen LogP contribution < -0.4 is 0 Å². The maximum Gasteiger partial charge on any atom is 0.0778 e. The van der Waals surface area contributed by atoms with Gasteiger partial charge in [0.15, 0.2) is 0 Å². The molecular formula is C30H50O5. The largest absolute Gasteiger partial charge is 0.396 e. The standard InChI is InChI=1S/C30H50O5/c1-24(2)13-20-29(22(33)14-24)17-35-30(20)12-8-19-25(3)10-9-21(32)26(4,16-31)18(25)7-11-27(19,5)28(30,6)15-23(29)34/h18-23,31-34H,7-17H2,1-6H3. The molecule has 1 spiro atoms. The van der Waals surface area contributed by atoms with Crippen molar-refractivity contribution in [3.8, 4) is 0 Å². The highest BCUT2D eigenvalue weighted by Gasteiger charge is 2.81. The predicted molar refractivity (Wildman–Crippen MR) is 134 cm³/mol. The van der Waals surface area contributed by atoms with Crippen molar-refractivity contribution in [3.63, 3.8) is 0 Å². The first-order chi connectivity index (χ1) is 16.2. The highest BCUT2D eigenvalue weighted by atomic mass is 16.5. The lowest BCUT2D eigenvalue weighted by Crippen LogP contribution is -2.75. The Hall–Kier alpha value is -0.200. The van der Waals surface area contributed by atoms with Crippen LogP contribution in [0.3, 0.4) is 0 Å². The zero-order chi connectivity index (χ0) is 25.4.